The van der Waals surface area contributed by atoms with Crippen molar-refractivity contribution in [1.29, 1.82) is 0 Å². The van der Waals surface area contributed by atoms with Crippen molar-refractivity contribution in [2.24, 2.45) is 7.05 Å². The molecule has 1 atom stereocenters. The predicted molar refractivity (Wildman–Crippen MR) is 165 cm³/mol. The zero-order chi connectivity index (χ0) is 29.0. The van der Waals surface area contributed by atoms with E-state index in [-0.39, 0.29) is 5.91 Å². The van der Waals surface area contributed by atoms with Crippen LogP contribution in [0.25, 0.3) is 11.1 Å². The highest BCUT2D eigenvalue weighted by molar-refractivity contribution is 14.2. The SMILES string of the molecule is Cn1c(C(=O)N2CC(F)(F)C2)cc2c1CN(c1nc3c(c(Nc4ccc(-c5cnn(PI)c5)cc4)n1)COCC3)CC2. The number of anilines is 3. The van der Waals surface area contributed by atoms with Crippen molar-refractivity contribution < 1.29 is 18.3 Å². The maximum Gasteiger partial charge on any atom is 0.282 e. The summed E-state index contributed by atoms with van der Waals surface area (Å²) < 4.78 is 36.3. The van der Waals surface area contributed by atoms with Crippen molar-refractivity contribution in [3.63, 3.8) is 0 Å². The van der Waals surface area contributed by atoms with Gasteiger partial charge in [0.15, 0.2) is 0 Å². The monoisotopic (exact) mass is 704 g/mol. The number of carbonyl (C=O) groups excluding carboxylic acids is 1. The molecule has 4 aromatic rings. The number of hydrogen-bond donors (Lipinski definition) is 1. The summed E-state index contributed by atoms with van der Waals surface area (Å²) in [6, 6.07) is 10.0. The minimum Gasteiger partial charge on any atom is -0.376 e. The molecule has 0 radical (unpaired) electrons. The molecule has 7 rings (SSSR count). The molecule has 0 bridgehead atoms. The smallest absolute Gasteiger partial charge is 0.282 e. The van der Waals surface area contributed by atoms with E-state index in [0.717, 1.165) is 39.3 Å². The fourth-order valence-electron chi connectivity index (χ4n) is 5.70. The maximum atomic E-state index is 13.4. The lowest BCUT2D eigenvalue weighted by molar-refractivity contribution is -0.113. The summed E-state index contributed by atoms with van der Waals surface area (Å²) in [6.07, 6.45) is 5.87. The highest BCUT2D eigenvalue weighted by atomic mass is 127. The third kappa shape index (κ3) is 5.15. The van der Waals surface area contributed by atoms with Crippen LogP contribution >= 0.6 is 28.4 Å². The summed E-state index contributed by atoms with van der Waals surface area (Å²) in [4.78, 5) is 26.1. The van der Waals surface area contributed by atoms with Gasteiger partial charge in [-0.2, -0.15) is 10.1 Å². The predicted octanol–water partition coefficient (Wildman–Crippen LogP) is 4.94. The summed E-state index contributed by atoms with van der Waals surface area (Å²) in [5.41, 5.74) is 7.44. The van der Waals surface area contributed by atoms with Crippen molar-refractivity contribution in [2.75, 3.05) is 36.5 Å². The Morgan fingerprint density at radius 2 is 1.95 bits per heavy atom. The lowest BCUT2D eigenvalue weighted by atomic mass is 10.1. The molecule has 1 aromatic carbocycles. The molecule has 6 heterocycles. The van der Waals surface area contributed by atoms with Crippen LogP contribution in [0.1, 0.15) is 33.0 Å². The van der Waals surface area contributed by atoms with Gasteiger partial charge in [-0.05, 0) is 57.8 Å². The Labute approximate surface area is 255 Å². The van der Waals surface area contributed by atoms with E-state index >= 15 is 0 Å². The molecular formula is C28H28F2IN8O2P. The minimum atomic E-state index is -2.79. The molecule has 3 aliphatic heterocycles. The number of hydrogen-bond acceptors (Lipinski definition) is 7. The summed E-state index contributed by atoms with van der Waals surface area (Å²) in [5, 5.41) is 7.87. The summed E-state index contributed by atoms with van der Waals surface area (Å²) in [7, 11) is 1.82. The van der Waals surface area contributed by atoms with Gasteiger partial charge in [0.2, 0.25) is 5.95 Å². The number of carbonyl (C=O) groups is 1. The Kier molecular flexibility index (Phi) is 7.14. The Bertz CT molecular complexity index is 1670. The van der Waals surface area contributed by atoms with Crippen molar-refractivity contribution in [1.82, 2.24) is 29.0 Å². The van der Waals surface area contributed by atoms with E-state index in [0.29, 0.717) is 63.0 Å². The molecule has 3 aromatic heterocycles. The first-order valence-electron chi connectivity index (χ1n) is 13.6. The number of aromatic nitrogens is 5. The molecular weight excluding hydrogens is 676 g/mol. The summed E-state index contributed by atoms with van der Waals surface area (Å²) in [6.45, 7) is 1.19. The Morgan fingerprint density at radius 3 is 2.69 bits per heavy atom. The van der Waals surface area contributed by atoms with E-state index in [1.807, 2.05) is 46.7 Å². The average molecular weight is 704 g/mol. The van der Waals surface area contributed by atoms with E-state index in [4.69, 9.17) is 14.7 Å². The van der Waals surface area contributed by atoms with E-state index in [9.17, 15) is 13.6 Å². The number of benzene rings is 1. The highest BCUT2D eigenvalue weighted by Crippen LogP contribution is 2.33. The number of nitrogens with zero attached hydrogens (tertiary/aromatic N) is 7. The lowest BCUT2D eigenvalue weighted by Gasteiger charge is -2.38. The van der Waals surface area contributed by atoms with E-state index < -0.39 is 19.0 Å². The first kappa shape index (κ1) is 27.7. The number of likely N-dealkylation sites (tertiary alicyclic amines) is 1. The molecule has 218 valence electrons. The third-order valence-corrected chi connectivity index (χ3v) is 9.93. The van der Waals surface area contributed by atoms with Crippen molar-refractivity contribution in [3.05, 3.63) is 70.9 Å². The van der Waals surface area contributed by atoms with Gasteiger partial charge >= 0.3 is 0 Å². The third-order valence-electron chi connectivity index (χ3n) is 8.03. The number of amides is 1. The second-order valence-corrected chi connectivity index (χ2v) is 12.9. The second-order valence-electron chi connectivity index (χ2n) is 10.8. The van der Waals surface area contributed by atoms with Crippen molar-refractivity contribution in [2.45, 2.75) is 31.9 Å². The van der Waals surface area contributed by atoms with Crippen LogP contribution in [-0.4, -0.2) is 67.1 Å². The van der Waals surface area contributed by atoms with Gasteiger partial charge in [-0.15, -0.1) is 0 Å². The molecule has 10 nitrogen and oxygen atoms in total. The molecule has 1 fully saturated rings. The molecule has 1 saturated heterocycles. The van der Waals surface area contributed by atoms with Crippen LogP contribution in [0.4, 0.5) is 26.2 Å². The molecule has 42 heavy (non-hydrogen) atoms. The zero-order valence-electron chi connectivity index (χ0n) is 22.8. The maximum absolute atomic E-state index is 13.4. The minimum absolute atomic E-state index is 0.355. The van der Waals surface area contributed by atoms with Gasteiger partial charge in [0.05, 0.1) is 51.1 Å². The highest BCUT2D eigenvalue weighted by Gasteiger charge is 2.47. The van der Waals surface area contributed by atoms with Crippen molar-refractivity contribution >= 4 is 51.8 Å². The molecule has 0 saturated carbocycles. The quantitative estimate of drug-likeness (QED) is 0.225. The van der Waals surface area contributed by atoms with Crippen LogP contribution in [0, 0.1) is 0 Å². The molecule has 1 N–H and O–H groups in total. The van der Waals surface area contributed by atoms with Gasteiger partial charge in [0.25, 0.3) is 11.8 Å². The Hall–Kier alpha value is -3.16. The topological polar surface area (TPSA) is 93.3 Å². The Balaban J connectivity index is 1.13. The summed E-state index contributed by atoms with van der Waals surface area (Å²) >= 11 is 2.30. The van der Waals surface area contributed by atoms with Gasteiger partial charge in [-0.3, -0.25) is 4.79 Å². The first-order valence-corrected chi connectivity index (χ1v) is 17.7. The van der Waals surface area contributed by atoms with Gasteiger partial charge in [0, 0.05) is 48.7 Å². The number of alkyl halides is 2. The largest absolute Gasteiger partial charge is 0.376 e. The average Bonchev–Trinajstić information content (AvgIpc) is 3.60. The van der Waals surface area contributed by atoms with Gasteiger partial charge in [0.1, 0.15) is 11.5 Å². The van der Waals surface area contributed by atoms with Crippen LogP contribution in [0.5, 0.6) is 0 Å². The fourth-order valence-corrected chi connectivity index (χ4v) is 6.78. The van der Waals surface area contributed by atoms with Crippen LogP contribution in [0.2, 0.25) is 0 Å². The first-order chi connectivity index (χ1) is 20.3. The molecule has 0 aliphatic carbocycles. The van der Waals surface area contributed by atoms with Crippen LogP contribution in [0.15, 0.2) is 42.7 Å². The molecule has 3 aliphatic rings. The van der Waals surface area contributed by atoms with E-state index in [2.05, 4.69) is 49.5 Å². The Morgan fingerprint density at radius 1 is 1.14 bits per heavy atom. The van der Waals surface area contributed by atoms with E-state index in [1.165, 1.54) is 4.90 Å². The van der Waals surface area contributed by atoms with E-state index in [1.54, 1.807) is 0 Å². The number of ether oxygens (including phenoxy) is 1. The normalized spacial score (nSPS) is 17.7. The number of rotatable bonds is 6. The van der Waals surface area contributed by atoms with Crippen LogP contribution in [0.3, 0.4) is 0 Å². The fraction of sp³-hybridized carbons (Fsp3) is 0.357. The van der Waals surface area contributed by atoms with Crippen molar-refractivity contribution in [3.8, 4) is 11.1 Å². The van der Waals surface area contributed by atoms with Gasteiger partial charge < -0.3 is 24.4 Å². The molecule has 14 heteroatoms. The van der Waals surface area contributed by atoms with Gasteiger partial charge in [-0.25, -0.2) is 18.2 Å². The molecule has 1 unspecified atom stereocenters. The van der Waals surface area contributed by atoms with Crippen LogP contribution < -0.4 is 10.2 Å². The molecule has 0 spiro atoms. The standard InChI is InChI=1S/C28H28F2IN8O2P/c1-36-23(26(40)38-15-28(29,30)16-38)10-18-6-8-37(13-24(18)36)27-34-22-7-9-41-14-21(22)25(35-27)33-20-4-2-17(3-5-20)19-11-32-39(12-19)42-31/h2-5,10-12,42H,6-9,13-16H2,1H3,(H,33,34,35). The molecule has 1 amide bonds. The number of fused-ring (bicyclic) bond motifs is 2. The zero-order valence-corrected chi connectivity index (χ0v) is 25.9. The number of halogens is 3. The van der Waals surface area contributed by atoms with Gasteiger partial charge in [-0.1, -0.05) is 12.1 Å². The number of nitrogens with one attached hydrogen (secondary N) is 1. The summed E-state index contributed by atoms with van der Waals surface area (Å²) in [5.74, 6) is -1.82. The second kappa shape index (κ2) is 10.8. The lowest BCUT2D eigenvalue weighted by Crippen LogP contribution is -2.58. The van der Waals surface area contributed by atoms with Crippen LogP contribution in [-0.2, 0) is 37.8 Å².